The Hall–Kier alpha value is -0.660. The average Bonchev–Trinajstić information content (AvgIpc) is 2.41. The van der Waals surface area contributed by atoms with Crippen molar-refractivity contribution in [2.75, 3.05) is 0 Å². The van der Waals surface area contributed by atoms with Crippen molar-refractivity contribution in [3.8, 4) is 0 Å². The molecule has 0 bridgehead atoms. The predicted molar refractivity (Wildman–Crippen MR) is 84.9 cm³/mol. The fourth-order valence-electron chi connectivity index (χ4n) is 2.28. The fraction of sp³-hybridized carbons (Fsp3) is 0.778. The van der Waals surface area contributed by atoms with E-state index in [1.807, 2.05) is 6.92 Å². The minimum Gasteiger partial charge on any atom is -0.209 e. The van der Waals surface area contributed by atoms with Crippen LogP contribution in [0, 0.1) is 17.8 Å². The lowest BCUT2D eigenvalue weighted by molar-refractivity contribution is 0.317. The summed E-state index contributed by atoms with van der Waals surface area (Å²) >= 11 is 0. The molecule has 0 radical (unpaired) electrons. The van der Waals surface area contributed by atoms with Crippen LogP contribution in [0.15, 0.2) is 23.3 Å². The van der Waals surface area contributed by atoms with Crippen LogP contribution in [0.4, 0.5) is 8.78 Å². The van der Waals surface area contributed by atoms with Crippen molar-refractivity contribution in [2.45, 2.75) is 73.6 Å². The van der Waals surface area contributed by atoms with Crippen molar-refractivity contribution >= 4 is 0 Å². The van der Waals surface area contributed by atoms with Gasteiger partial charge in [-0.15, -0.1) is 0 Å². The van der Waals surface area contributed by atoms with E-state index >= 15 is 0 Å². The van der Waals surface area contributed by atoms with Crippen LogP contribution in [0.5, 0.6) is 0 Å². The first-order valence-electron chi connectivity index (χ1n) is 7.99. The molecular weight excluding hydrogens is 254 g/mol. The largest absolute Gasteiger partial charge is 0.209 e. The minimum absolute atomic E-state index is 0.306. The molecule has 0 saturated carbocycles. The second kappa shape index (κ2) is 10.1. The van der Waals surface area contributed by atoms with Crippen molar-refractivity contribution in [2.24, 2.45) is 17.8 Å². The lowest BCUT2D eigenvalue weighted by atomic mass is 9.84. The smallest absolute Gasteiger partial charge is 0.154 e. The maximum absolute atomic E-state index is 13.2. The molecular formula is C18H32F2. The Balaban J connectivity index is 4.28. The summed E-state index contributed by atoms with van der Waals surface area (Å²) in [6, 6.07) is 0. The molecule has 0 aliphatic heterocycles. The van der Waals surface area contributed by atoms with Crippen LogP contribution in [0.3, 0.4) is 0 Å². The minimum atomic E-state index is -0.738. The van der Waals surface area contributed by atoms with E-state index in [-0.39, 0.29) is 0 Å². The van der Waals surface area contributed by atoms with Gasteiger partial charge in [0.25, 0.3) is 0 Å². The molecule has 0 N–H and O–H groups in total. The number of unbranched alkanes of at least 4 members (excludes halogenated alkanes) is 1. The second-order valence-corrected chi connectivity index (χ2v) is 6.34. The molecule has 0 fully saturated rings. The zero-order chi connectivity index (χ0) is 15.7. The number of rotatable bonds is 9. The Kier molecular flexibility index (Phi) is 9.79. The standard InChI is InChI=1S/C18H32F2/c1-7-8-9-13(2)14(3)10-11-15(4)16(5)12-18(20)17(6)19/h12-15H,7-11H2,1-6H3/b16-12+,18-17-. The predicted octanol–water partition coefficient (Wildman–Crippen LogP) is 6.98. The first-order valence-corrected chi connectivity index (χ1v) is 7.99. The van der Waals surface area contributed by atoms with Crippen LogP contribution in [-0.4, -0.2) is 0 Å². The van der Waals surface area contributed by atoms with Gasteiger partial charge in [-0.25, -0.2) is 8.78 Å². The van der Waals surface area contributed by atoms with E-state index in [4.69, 9.17) is 0 Å². The third-order valence-corrected chi connectivity index (χ3v) is 4.50. The Morgan fingerprint density at radius 3 is 2.00 bits per heavy atom. The highest BCUT2D eigenvalue weighted by Crippen LogP contribution is 2.27. The highest BCUT2D eigenvalue weighted by atomic mass is 19.2. The van der Waals surface area contributed by atoms with E-state index in [2.05, 4.69) is 27.7 Å². The Morgan fingerprint density at radius 1 is 0.950 bits per heavy atom. The van der Waals surface area contributed by atoms with E-state index in [1.54, 1.807) is 0 Å². The van der Waals surface area contributed by atoms with E-state index in [9.17, 15) is 8.78 Å². The van der Waals surface area contributed by atoms with Gasteiger partial charge in [-0.05, 0) is 50.5 Å². The zero-order valence-corrected chi connectivity index (χ0v) is 14.1. The maximum Gasteiger partial charge on any atom is 0.154 e. The van der Waals surface area contributed by atoms with E-state index in [0.29, 0.717) is 11.8 Å². The van der Waals surface area contributed by atoms with Crippen LogP contribution in [-0.2, 0) is 0 Å². The van der Waals surface area contributed by atoms with Gasteiger partial charge in [0.2, 0.25) is 0 Å². The van der Waals surface area contributed by atoms with Crippen LogP contribution >= 0.6 is 0 Å². The molecule has 0 nitrogen and oxygen atoms in total. The molecule has 0 aliphatic carbocycles. The van der Waals surface area contributed by atoms with Crippen molar-refractivity contribution in [3.05, 3.63) is 23.3 Å². The maximum atomic E-state index is 13.2. The van der Waals surface area contributed by atoms with Gasteiger partial charge in [-0.2, -0.15) is 0 Å². The number of hydrogen-bond acceptors (Lipinski definition) is 0. The molecule has 0 aromatic carbocycles. The molecule has 0 aliphatic rings. The van der Waals surface area contributed by atoms with Crippen molar-refractivity contribution in [3.63, 3.8) is 0 Å². The highest BCUT2D eigenvalue weighted by molar-refractivity contribution is 5.20. The lowest BCUT2D eigenvalue weighted by Crippen LogP contribution is -2.10. The Bertz CT molecular complexity index is 324. The van der Waals surface area contributed by atoms with E-state index < -0.39 is 11.7 Å². The van der Waals surface area contributed by atoms with Gasteiger partial charge < -0.3 is 0 Å². The summed E-state index contributed by atoms with van der Waals surface area (Å²) in [6.07, 6.45) is 7.37. The lowest BCUT2D eigenvalue weighted by Gasteiger charge is -2.22. The average molecular weight is 286 g/mol. The molecule has 2 heteroatoms. The summed E-state index contributed by atoms with van der Waals surface area (Å²) in [5, 5.41) is 0. The second-order valence-electron chi connectivity index (χ2n) is 6.34. The molecule has 3 atom stereocenters. The zero-order valence-electron chi connectivity index (χ0n) is 14.1. The number of hydrogen-bond donors (Lipinski definition) is 0. The fourth-order valence-corrected chi connectivity index (χ4v) is 2.28. The molecule has 3 unspecified atom stereocenters. The van der Waals surface area contributed by atoms with Gasteiger partial charge in [0.1, 0.15) is 5.83 Å². The van der Waals surface area contributed by atoms with Crippen molar-refractivity contribution in [1.82, 2.24) is 0 Å². The van der Waals surface area contributed by atoms with Gasteiger partial charge in [0, 0.05) is 0 Å². The SMILES string of the molecule is CCCCC(C)C(C)CCC(C)/C(C)=C/C(F)=C(\C)F. The van der Waals surface area contributed by atoms with Gasteiger partial charge in [0.05, 0.1) is 0 Å². The third kappa shape index (κ3) is 7.81. The molecule has 118 valence electrons. The summed E-state index contributed by atoms with van der Waals surface area (Å²) in [5.41, 5.74) is 0.924. The molecule has 0 aromatic heterocycles. The summed E-state index contributed by atoms with van der Waals surface area (Å²) in [6.45, 7) is 12.0. The normalized spacial score (nSPS) is 18.5. The third-order valence-electron chi connectivity index (χ3n) is 4.50. The van der Waals surface area contributed by atoms with Gasteiger partial charge in [0.15, 0.2) is 5.83 Å². The van der Waals surface area contributed by atoms with Crippen LogP contribution in [0.25, 0.3) is 0 Å². The summed E-state index contributed by atoms with van der Waals surface area (Å²) in [5.74, 6) is 0.272. The summed E-state index contributed by atoms with van der Waals surface area (Å²) in [4.78, 5) is 0. The van der Waals surface area contributed by atoms with Gasteiger partial charge in [-0.3, -0.25) is 0 Å². The van der Waals surface area contributed by atoms with E-state index in [1.165, 1.54) is 25.3 Å². The Morgan fingerprint density at radius 2 is 1.50 bits per heavy atom. The summed E-state index contributed by atoms with van der Waals surface area (Å²) in [7, 11) is 0. The molecule has 0 spiro atoms. The molecule has 0 amide bonds. The van der Waals surface area contributed by atoms with E-state index in [0.717, 1.165) is 31.3 Å². The monoisotopic (exact) mass is 286 g/mol. The van der Waals surface area contributed by atoms with Gasteiger partial charge >= 0.3 is 0 Å². The quantitative estimate of drug-likeness (QED) is 0.401. The van der Waals surface area contributed by atoms with Gasteiger partial charge in [-0.1, -0.05) is 52.5 Å². The topological polar surface area (TPSA) is 0 Å². The highest BCUT2D eigenvalue weighted by Gasteiger charge is 2.14. The Labute approximate surface area is 124 Å². The summed E-state index contributed by atoms with van der Waals surface area (Å²) < 4.78 is 25.9. The molecule has 0 aromatic rings. The molecule has 0 heterocycles. The molecule has 0 saturated heterocycles. The first kappa shape index (κ1) is 19.3. The van der Waals surface area contributed by atoms with Crippen LogP contribution < -0.4 is 0 Å². The first-order chi connectivity index (χ1) is 9.29. The van der Waals surface area contributed by atoms with Crippen molar-refractivity contribution in [1.29, 1.82) is 0 Å². The van der Waals surface area contributed by atoms with Crippen LogP contribution in [0.2, 0.25) is 0 Å². The number of allylic oxidation sites excluding steroid dienone is 4. The van der Waals surface area contributed by atoms with Crippen LogP contribution in [0.1, 0.15) is 73.6 Å². The van der Waals surface area contributed by atoms with Crippen molar-refractivity contribution < 1.29 is 8.78 Å². The number of halogens is 2. The molecule has 0 rings (SSSR count). The molecule has 20 heavy (non-hydrogen) atoms.